The highest BCUT2D eigenvalue weighted by atomic mass is 16.8. The van der Waals surface area contributed by atoms with E-state index in [2.05, 4.69) is 5.32 Å². The van der Waals surface area contributed by atoms with Crippen LogP contribution in [0.1, 0.15) is 13.8 Å². The van der Waals surface area contributed by atoms with Crippen LogP contribution in [0.25, 0.3) is 0 Å². The topological polar surface area (TPSA) is 495 Å². The van der Waals surface area contributed by atoms with Gasteiger partial charge in [0.1, 0.15) is 140 Å². The van der Waals surface area contributed by atoms with Crippen LogP contribution in [0.4, 0.5) is 0 Å². The lowest BCUT2D eigenvalue weighted by Crippen LogP contribution is -2.71. The highest BCUT2D eigenvalue weighted by molar-refractivity contribution is 5.73. The Kier molecular flexibility index (Phi) is 19.8. The number of aliphatic hydroxyl groups excluding tert-OH is 18. The third kappa shape index (κ3) is 11.8. The van der Waals surface area contributed by atoms with E-state index >= 15 is 0 Å². The number of carbonyl (C=O) groups excluding carboxylic acids is 1. The van der Waals surface area contributed by atoms with E-state index in [-0.39, 0.29) is 0 Å². The zero-order valence-electron chi connectivity index (χ0n) is 36.8. The molecule has 31 nitrogen and oxygen atoms in total. The van der Waals surface area contributed by atoms with Crippen molar-refractivity contribution in [1.29, 1.82) is 0 Å². The van der Waals surface area contributed by atoms with Crippen molar-refractivity contribution in [2.24, 2.45) is 0 Å². The second-order valence-electron chi connectivity index (χ2n) is 17.5. The number of nitrogens with one attached hydrogen (secondary N) is 1. The lowest BCUT2D eigenvalue weighted by atomic mass is 9.93. The van der Waals surface area contributed by atoms with Gasteiger partial charge in [0, 0.05) is 6.92 Å². The normalized spacial score (nSPS) is 52.1. The number of carbonyl (C=O) groups is 1. The molecule has 6 aliphatic heterocycles. The lowest BCUT2D eigenvalue weighted by Gasteiger charge is -2.52. The SMILES string of the molecule is CC(=O)N[C@H]1[C@H](O[C@H]2[C@@H](O)[C@@H](CO)O[C@@H](O[C@H]3[C@H](O)[C@@H](O)C(O)O[C@@H]3CO)[C@@H]2O)O[C@H](CO)[C@@H](O[C@@H]2O[C@H](CO)[C@H](O)[C@H](O[C@H]3O[C@H](CO)[C@H](O)[C@H](O)[C@H]3O)[C@H]2O)[C@@H]1O[C@@H]1O[C@@H](C)[C@@H](O)[C@@H](O)[C@@H]1O. The van der Waals surface area contributed by atoms with Crippen LogP contribution in [0.15, 0.2) is 0 Å². The molecular weight excluding hydrogens is 950 g/mol. The number of hydrogen-bond donors (Lipinski definition) is 19. The highest BCUT2D eigenvalue weighted by Gasteiger charge is 2.59. The summed E-state index contributed by atoms with van der Waals surface area (Å²) >= 11 is 0. The van der Waals surface area contributed by atoms with Crippen LogP contribution >= 0.6 is 0 Å². The van der Waals surface area contributed by atoms with E-state index in [0.29, 0.717) is 0 Å². The maximum absolute atomic E-state index is 13.0. The zero-order valence-corrected chi connectivity index (χ0v) is 36.8. The van der Waals surface area contributed by atoms with E-state index < -0.39 is 223 Å². The van der Waals surface area contributed by atoms with E-state index in [1.165, 1.54) is 6.92 Å². The second-order valence-corrected chi connectivity index (χ2v) is 17.5. The number of rotatable bonds is 16. The average molecular weight is 1020 g/mol. The van der Waals surface area contributed by atoms with E-state index in [1.54, 1.807) is 0 Å². The van der Waals surface area contributed by atoms with Gasteiger partial charge in [0.25, 0.3) is 0 Å². The Morgan fingerprint density at radius 2 is 0.754 bits per heavy atom. The van der Waals surface area contributed by atoms with Crippen LogP contribution in [0.2, 0.25) is 0 Å². The zero-order chi connectivity index (χ0) is 50.9. The van der Waals surface area contributed by atoms with Crippen molar-refractivity contribution >= 4 is 5.91 Å². The first-order chi connectivity index (χ1) is 32.6. The van der Waals surface area contributed by atoms with Gasteiger partial charge in [0.2, 0.25) is 5.91 Å². The van der Waals surface area contributed by atoms with Gasteiger partial charge < -0.3 is 149 Å². The molecule has 0 aliphatic carbocycles. The van der Waals surface area contributed by atoms with Gasteiger partial charge in [-0.1, -0.05) is 0 Å². The van der Waals surface area contributed by atoms with E-state index in [0.717, 1.165) is 6.92 Å². The van der Waals surface area contributed by atoms with Crippen LogP contribution in [0.3, 0.4) is 0 Å². The van der Waals surface area contributed by atoms with Crippen molar-refractivity contribution in [2.45, 2.75) is 198 Å². The first-order valence-electron chi connectivity index (χ1n) is 22.0. The van der Waals surface area contributed by atoms with Gasteiger partial charge in [0.05, 0.1) is 39.1 Å². The average Bonchev–Trinajstić information content (AvgIpc) is 3.32. The fourth-order valence-electron chi connectivity index (χ4n) is 8.85. The summed E-state index contributed by atoms with van der Waals surface area (Å²) in [5.74, 6) is -0.893. The maximum Gasteiger partial charge on any atom is 0.217 e. The monoisotopic (exact) mass is 1020 g/mol. The molecular formula is C38H65NO30. The van der Waals surface area contributed by atoms with Crippen molar-refractivity contribution in [3.05, 3.63) is 0 Å². The molecule has 6 rings (SSSR count). The van der Waals surface area contributed by atoms with E-state index in [4.69, 9.17) is 52.1 Å². The molecule has 0 saturated carbocycles. The van der Waals surface area contributed by atoms with Gasteiger partial charge in [-0.25, -0.2) is 0 Å². The van der Waals surface area contributed by atoms with Gasteiger partial charge >= 0.3 is 0 Å². The Balaban J connectivity index is 1.34. The summed E-state index contributed by atoms with van der Waals surface area (Å²) in [6.07, 6.45) is -55.1. The molecule has 0 aromatic carbocycles. The molecule has 1 amide bonds. The minimum atomic E-state index is -2.21. The molecule has 19 N–H and O–H groups in total. The van der Waals surface area contributed by atoms with E-state index in [9.17, 15) is 96.7 Å². The third-order valence-electron chi connectivity index (χ3n) is 12.8. The molecule has 0 aromatic heterocycles. The second kappa shape index (κ2) is 24.1. The minimum Gasteiger partial charge on any atom is -0.394 e. The Morgan fingerprint density at radius 1 is 0.377 bits per heavy atom. The maximum atomic E-state index is 13.0. The summed E-state index contributed by atoms with van der Waals surface area (Å²) in [5, 5.41) is 194. The summed E-state index contributed by atoms with van der Waals surface area (Å²) in [7, 11) is 0. The summed E-state index contributed by atoms with van der Waals surface area (Å²) in [5.41, 5.74) is 0. The van der Waals surface area contributed by atoms with Crippen molar-refractivity contribution in [3.63, 3.8) is 0 Å². The van der Waals surface area contributed by atoms with Crippen LogP contribution in [0, 0.1) is 0 Å². The predicted octanol–water partition coefficient (Wildman–Crippen LogP) is -12.9. The molecule has 0 aromatic rings. The fourth-order valence-corrected chi connectivity index (χ4v) is 8.85. The number of aliphatic hydroxyl groups is 18. The summed E-state index contributed by atoms with van der Waals surface area (Å²) in [6.45, 7) is -2.64. The molecule has 6 saturated heterocycles. The Labute approximate surface area is 390 Å². The molecule has 402 valence electrons. The Morgan fingerprint density at radius 3 is 1.25 bits per heavy atom. The molecule has 6 aliphatic rings. The molecule has 1 unspecified atom stereocenters. The predicted molar refractivity (Wildman–Crippen MR) is 209 cm³/mol. The smallest absolute Gasteiger partial charge is 0.217 e. The molecule has 31 heteroatoms. The highest BCUT2D eigenvalue weighted by Crippen LogP contribution is 2.38. The first kappa shape index (κ1) is 56.6. The van der Waals surface area contributed by atoms with Gasteiger partial charge in [0.15, 0.2) is 37.7 Å². The number of amides is 1. The van der Waals surface area contributed by atoms with Gasteiger partial charge in [-0.2, -0.15) is 0 Å². The van der Waals surface area contributed by atoms with Crippen LogP contribution in [0.5, 0.6) is 0 Å². The molecule has 0 spiro atoms. The van der Waals surface area contributed by atoms with Crippen molar-refractivity contribution in [1.82, 2.24) is 5.32 Å². The molecule has 0 bridgehead atoms. The molecule has 69 heavy (non-hydrogen) atoms. The number of hydrogen-bond acceptors (Lipinski definition) is 30. The summed E-state index contributed by atoms with van der Waals surface area (Å²) in [4.78, 5) is 13.0. The largest absolute Gasteiger partial charge is 0.394 e. The Bertz CT molecular complexity index is 1610. The fraction of sp³-hybridized carbons (Fsp3) is 0.974. The quantitative estimate of drug-likeness (QED) is 0.0682. The molecule has 6 heterocycles. The standard InChI is InChI=1S/C38H65NO30/c1-8-16(46)20(50)24(54)35(59-8)67-30-15(39-9(2)45)34(68-31-18(48)11(4-41)62-37(26(31)56)65-28-13(6-43)60-33(58)23(53)22(28)52)64-14(7-44)29(30)66-38-27(57)32(19(49)12(5-42)63-38)69-36-25(55)21(51)17(47)10(3-40)61-36/h8,10-38,40-44,46-58H,3-7H2,1-2H3,(H,39,45)/t8-,10+,11+,12+,13+,14+,15+,16+,17-,18-,19-,20+,21-,22+,23+,24-,25+,26+,27+,28+,29+,30+,31-,32-,33?,34-,35-,36+,37-,38-/m0/s1. The Hall–Kier alpha value is -1.69. The van der Waals surface area contributed by atoms with E-state index in [1.807, 2.05) is 0 Å². The van der Waals surface area contributed by atoms with Gasteiger partial charge in [-0.3, -0.25) is 4.79 Å². The van der Waals surface area contributed by atoms with Crippen molar-refractivity contribution in [3.8, 4) is 0 Å². The number of ether oxygens (including phenoxy) is 11. The van der Waals surface area contributed by atoms with Crippen LogP contribution < -0.4 is 5.32 Å². The van der Waals surface area contributed by atoms with Crippen molar-refractivity contribution < 1.29 is 149 Å². The molecule has 0 radical (unpaired) electrons. The lowest BCUT2D eigenvalue weighted by molar-refractivity contribution is -0.397. The molecule has 6 fully saturated rings. The van der Waals surface area contributed by atoms with Gasteiger partial charge in [-0.05, 0) is 6.92 Å². The van der Waals surface area contributed by atoms with Crippen LogP contribution in [-0.2, 0) is 56.9 Å². The minimum absolute atomic E-state index is 0.890. The van der Waals surface area contributed by atoms with Crippen LogP contribution in [-0.4, -0.2) is 315 Å². The summed E-state index contributed by atoms with van der Waals surface area (Å²) in [6, 6.07) is -1.84. The third-order valence-corrected chi connectivity index (χ3v) is 12.8. The van der Waals surface area contributed by atoms with Crippen molar-refractivity contribution in [2.75, 3.05) is 33.0 Å². The first-order valence-corrected chi connectivity index (χ1v) is 22.0. The summed E-state index contributed by atoms with van der Waals surface area (Å²) < 4.78 is 63.1. The molecule has 30 atom stereocenters. The van der Waals surface area contributed by atoms with Gasteiger partial charge in [-0.15, -0.1) is 0 Å².